The number of amides is 1. The van der Waals surface area contributed by atoms with Crippen molar-refractivity contribution >= 4 is 17.5 Å². The van der Waals surface area contributed by atoms with Gasteiger partial charge in [-0.05, 0) is 18.1 Å². The topological polar surface area (TPSA) is 56.2 Å². The van der Waals surface area contributed by atoms with Gasteiger partial charge in [-0.3, -0.25) is 9.48 Å². The van der Waals surface area contributed by atoms with E-state index in [0.29, 0.717) is 37.1 Å². The minimum absolute atomic E-state index is 0.0190. The van der Waals surface area contributed by atoms with Crippen LogP contribution < -0.4 is 10.1 Å². The molecule has 1 atom stereocenters. The minimum Gasteiger partial charge on any atom is -0.493 e. The molecule has 1 aromatic carbocycles. The molecule has 1 unspecified atom stereocenters. The van der Waals surface area contributed by atoms with Crippen LogP contribution in [-0.2, 0) is 17.8 Å². The Balaban J connectivity index is 1.42. The van der Waals surface area contributed by atoms with Crippen LogP contribution in [0.1, 0.15) is 12.0 Å². The highest BCUT2D eigenvalue weighted by Gasteiger charge is 2.19. The van der Waals surface area contributed by atoms with Crippen LogP contribution in [0, 0.1) is 5.92 Å². The summed E-state index contributed by atoms with van der Waals surface area (Å²) in [6, 6.07) is 8.05. The van der Waals surface area contributed by atoms with Crippen molar-refractivity contribution in [3.05, 3.63) is 47.2 Å². The summed E-state index contributed by atoms with van der Waals surface area (Å²) in [5.74, 6) is 1.30. The molecular weight excluding hydrogens is 302 g/mol. The first-order chi connectivity index (χ1) is 10.7. The Morgan fingerprint density at radius 2 is 2.32 bits per heavy atom. The fourth-order valence-corrected chi connectivity index (χ4v) is 2.70. The number of carbonyl (C=O) groups excluding carboxylic acids is 1. The summed E-state index contributed by atoms with van der Waals surface area (Å²) in [6.45, 7) is 1.81. The zero-order valence-corrected chi connectivity index (χ0v) is 12.9. The van der Waals surface area contributed by atoms with Gasteiger partial charge in [-0.25, -0.2) is 0 Å². The summed E-state index contributed by atoms with van der Waals surface area (Å²) >= 11 is 5.78. The number of aryl methyl sites for hydroxylation is 1. The number of halogens is 1. The number of ether oxygens (including phenoxy) is 1. The SMILES string of the molecule is O=C(CCn1cc(Cl)cn1)NCC1COc2ccccc2C1. The molecule has 2 aromatic rings. The van der Waals surface area contributed by atoms with E-state index in [1.165, 1.54) is 5.56 Å². The number of para-hydroxylation sites is 1. The second kappa shape index (κ2) is 6.83. The molecule has 0 saturated heterocycles. The second-order valence-corrected chi connectivity index (χ2v) is 5.90. The van der Waals surface area contributed by atoms with Gasteiger partial charge in [0, 0.05) is 31.6 Å². The summed E-state index contributed by atoms with van der Waals surface area (Å²) in [4.78, 5) is 11.9. The molecule has 0 spiro atoms. The molecule has 1 aromatic heterocycles. The van der Waals surface area contributed by atoms with Gasteiger partial charge in [-0.15, -0.1) is 0 Å². The molecule has 22 heavy (non-hydrogen) atoms. The van der Waals surface area contributed by atoms with E-state index in [4.69, 9.17) is 16.3 Å². The molecule has 1 amide bonds. The van der Waals surface area contributed by atoms with Crippen LogP contribution in [0.3, 0.4) is 0 Å². The van der Waals surface area contributed by atoms with Gasteiger partial charge in [0.25, 0.3) is 0 Å². The molecule has 1 aliphatic rings. The van der Waals surface area contributed by atoms with Gasteiger partial charge in [0.2, 0.25) is 5.91 Å². The maximum Gasteiger partial charge on any atom is 0.221 e. The monoisotopic (exact) mass is 319 g/mol. The Labute approximate surface area is 134 Å². The number of hydrogen-bond acceptors (Lipinski definition) is 3. The summed E-state index contributed by atoms with van der Waals surface area (Å²) in [7, 11) is 0. The number of hydrogen-bond donors (Lipinski definition) is 1. The van der Waals surface area contributed by atoms with Crippen molar-refractivity contribution in [1.29, 1.82) is 0 Å². The van der Waals surface area contributed by atoms with E-state index in [9.17, 15) is 4.79 Å². The van der Waals surface area contributed by atoms with E-state index in [-0.39, 0.29) is 5.91 Å². The van der Waals surface area contributed by atoms with Crippen LogP contribution >= 0.6 is 11.6 Å². The maximum atomic E-state index is 11.9. The zero-order chi connectivity index (χ0) is 15.4. The molecule has 5 nitrogen and oxygen atoms in total. The van der Waals surface area contributed by atoms with Crippen LogP contribution in [0.5, 0.6) is 5.75 Å². The lowest BCUT2D eigenvalue weighted by molar-refractivity contribution is -0.121. The minimum atomic E-state index is 0.0190. The summed E-state index contributed by atoms with van der Waals surface area (Å²) in [5, 5.41) is 7.60. The van der Waals surface area contributed by atoms with Gasteiger partial charge in [-0.1, -0.05) is 29.8 Å². The van der Waals surface area contributed by atoms with Crippen molar-refractivity contribution in [1.82, 2.24) is 15.1 Å². The van der Waals surface area contributed by atoms with E-state index in [1.807, 2.05) is 18.2 Å². The molecule has 0 fully saturated rings. The Morgan fingerprint density at radius 1 is 1.45 bits per heavy atom. The summed E-state index contributed by atoms with van der Waals surface area (Å²) in [6.07, 6.45) is 4.60. The van der Waals surface area contributed by atoms with Gasteiger partial charge >= 0.3 is 0 Å². The van der Waals surface area contributed by atoms with Gasteiger partial charge in [0.1, 0.15) is 5.75 Å². The number of nitrogens with one attached hydrogen (secondary N) is 1. The van der Waals surface area contributed by atoms with E-state index in [0.717, 1.165) is 12.2 Å². The third-order valence-electron chi connectivity index (χ3n) is 3.71. The number of fused-ring (bicyclic) bond motifs is 1. The third kappa shape index (κ3) is 3.80. The van der Waals surface area contributed by atoms with Gasteiger partial charge in [-0.2, -0.15) is 5.10 Å². The lowest BCUT2D eigenvalue weighted by Gasteiger charge is -2.25. The average molecular weight is 320 g/mol. The van der Waals surface area contributed by atoms with Crippen molar-refractivity contribution < 1.29 is 9.53 Å². The Bertz CT molecular complexity index is 656. The highest BCUT2D eigenvalue weighted by Crippen LogP contribution is 2.26. The van der Waals surface area contributed by atoms with Crippen molar-refractivity contribution in [2.75, 3.05) is 13.2 Å². The quantitative estimate of drug-likeness (QED) is 0.920. The van der Waals surface area contributed by atoms with Crippen LogP contribution in [0.25, 0.3) is 0 Å². The molecule has 6 heteroatoms. The first-order valence-electron chi connectivity index (χ1n) is 7.36. The van der Waals surface area contributed by atoms with Crippen molar-refractivity contribution in [2.24, 2.45) is 5.92 Å². The molecule has 2 heterocycles. The predicted molar refractivity (Wildman–Crippen MR) is 84.0 cm³/mol. The van der Waals surface area contributed by atoms with E-state index in [2.05, 4.69) is 16.5 Å². The van der Waals surface area contributed by atoms with E-state index in [1.54, 1.807) is 17.1 Å². The maximum absolute atomic E-state index is 11.9. The normalized spacial score (nSPS) is 16.7. The summed E-state index contributed by atoms with van der Waals surface area (Å²) in [5.41, 5.74) is 1.21. The molecular formula is C16H18ClN3O2. The standard InChI is InChI=1S/C16H18ClN3O2/c17-14-9-19-20(10-14)6-5-16(21)18-8-12-7-13-3-1-2-4-15(13)22-11-12/h1-4,9-10,12H,5-8,11H2,(H,18,21). The number of benzene rings is 1. The number of rotatable bonds is 5. The zero-order valence-electron chi connectivity index (χ0n) is 12.2. The second-order valence-electron chi connectivity index (χ2n) is 5.46. The van der Waals surface area contributed by atoms with Crippen molar-refractivity contribution in [2.45, 2.75) is 19.4 Å². The molecule has 0 saturated carbocycles. The first kappa shape index (κ1) is 14.9. The number of aromatic nitrogens is 2. The number of nitrogens with zero attached hydrogens (tertiary/aromatic N) is 2. The predicted octanol–water partition coefficient (Wildman–Crippen LogP) is 2.29. The van der Waals surface area contributed by atoms with Crippen LogP contribution in [0.4, 0.5) is 0 Å². The van der Waals surface area contributed by atoms with Crippen LogP contribution in [0.2, 0.25) is 5.02 Å². The van der Waals surface area contributed by atoms with Crippen LogP contribution in [-0.4, -0.2) is 28.8 Å². The average Bonchev–Trinajstić information content (AvgIpc) is 2.96. The molecule has 116 valence electrons. The van der Waals surface area contributed by atoms with E-state index >= 15 is 0 Å². The molecule has 1 N–H and O–H groups in total. The van der Waals surface area contributed by atoms with E-state index < -0.39 is 0 Å². The molecule has 3 rings (SSSR count). The lowest BCUT2D eigenvalue weighted by atomic mass is 9.97. The van der Waals surface area contributed by atoms with Crippen molar-refractivity contribution in [3.63, 3.8) is 0 Å². The molecule has 0 bridgehead atoms. The summed E-state index contributed by atoms with van der Waals surface area (Å²) < 4.78 is 7.39. The molecule has 0 aliphatic carbocycles. The number of carbonyl (C=O) groups is 1. The Hall–Kier alpha value is -2.01. The fraction of sp³-hybridized carbons (Fsp3) is 0.375. The molecule has 0 radical (unpaired) electrons. The highest BCUT2D eigenvalue weighted by atomic mass is 35.5. The van der Waals surface area contributed by atoms with Gasteiger partial charge < -0.3 is 10.1 Å². The highest BCUT2D eigenvalue weighted by molar-refractivity contribution is 6.30. The fourth-order valence-electron chi connectivity index (χ4n) is 2.55. The smallest absolute Gasteiger partial charge is 0.221 e. The Kier molecular flexibility index (Phi) is 4.63. The largest absolute Gasteiger partial charge is 0.493 e. The lowest BCUT2D eigenvalue weighted by Crippen LogP contribution is -2.35. The van der Waals surface area contributed by atoms with Gasteiger partial charge in [0.15, 0.2) is 0 Å². The first-order valence-corrected chi connectivity index (χ1v) is 7.74. The Morgan fingerprint density at radius 3 is 3.14 bits per heavy atom. The van der Waals surface area contributed by atoms with Gasteiger partial charge in [0.05, 0.1) is 17.8 Å². The molecule has 1 aliphatic heterocycles. The third-order valence-corrected chi connectivity index (χ3v) is 3.91. The van der Waals surface area contributed by atoms with Crippen molar-refractivity contribution in [3.8, 4) is 5.75 Å². The van der Waals surface area contributed by atoms with Crippen LogP contribution in [0.15, 0.2) is 36.7 Å².